The Labute approximate surface area is 127 Å². The lowest BCUT2D eigenvalue weighted by molar-refractivity contribution is 0.0601. The highest BCUT2D eigenvalue weighted by molar-refractivity contribution is 9.11. The van der Waals surface area contributed by atoms with E-state index in [0.717, 1.165) is 14.6 Å². The van der Waals surface area contributed by atoms with Gasteiger partial charge in [-0.15, -0.1) is 0 Å². The summed E-state index contributed by atoms with van der Waals surface area (Å²) in [6.45, 7) is 0.532. The van der Waals surface area contributed by atoms with Crippen molar-refractivity contribution in [3.63, 3.8) is 0 Å². The number of methoxy groups -OCH3 is 1. The summed E-state index contributed by atoms with van der Waals surface area (Å²) < 4.78 is 6.36. The Morgan fingerprint density at radius 1 is 1.47 bits per heavy atom. The van der Waals surface area contributed by atoms with Gasteiger partial charge in [-0.25, -0.2) is 9.78 Å². The fourth-order valence-electron chi connectivity index (χ4n) is 1.59. The minimum Gasteiger partial charge on any atom is -0.465 e. The minimum atomic E-state index is -0.394. The average molecular weight is 389 g/mol. The molecule has 0 saturated heterocycles. The Morgan fingerprint density at radius 3 is 2.89 bits per heavy atom. The summed E-state index contributed by atoms with van der Waals surface area (Å²) in [6, 6.07) is 3.58. The van der Waals surface area contributed by atoms with Gasteiger partial charge in [-0.05, 0) is 28.1 Å². The number of nitrogens with one attached hydrogen (secondary N) is 2. The number of aromatic amines is 1. The maximum Gasteiger partial charge on any atom is 0.340 e. The van der Waals surface area contributed by atoms with Crippen LogP contribution in [0.5, 0.6) is 0 Å². The first kappa shape index (κ1) is 14.1. The van der Waals surface area contributed by atoms with Crippen LogP contribution in [-0.2, 0) is 11.3 Å². The highest BCUT2D eigenvalue weighted by Gasteiger charge is 2.16. The molecule has 100 valence electrons. The van der Waals surface area contributed by atoms with E-state index < -0.39 is 5.97 Å². The molecule has 5 nitrogen and oxygen atoms in total. The van der Waals surface area contributed by atoms with Gasteiger partial charge in [0.15, 0.2) is 0 Å². The van der Waals surface area contributed by atoms with Gasteiger partial charge in [-0.3, -0.25) is 0 Å². The van der Waals surface area contributed by atoms with Crippen LogP contribution in [-0.4, -0.2) is 23.0 Å². The third-order valence-electron chi connectivity index (χ3n) is 2.47. The van der Waals surface area contributed by atoms with Crippen LogP contribution < -0.4 is 5.32 Å². The fraction of sp³-hybridized carbons (Fsp3) is 0.167. The molecular weight excluding hydrogens is 378 g/mol. The van der Waals surface area contributed by atoms with E-state index in [1.807, 2.05) is 6.07 Å². The van der Waals surface area contributed by atoms with Crippen LogP contribution in [0.1, 0.15) is 16.1 Å². The predicted octanol–water partition coefficient (Wildman–Crippen LogP) is 3.33. The molecule has 0 aliphatic rings. The second-order valence-corrected chi connectivity index (χ2v) is 5.50. The van der Waals surface area contributed by atoms with Crippen LogP contribution in [0.25, 0.3) is 0 Å². The van der Waals surface area contributed by atoms with Crippen molar-refractivity contribution in [1.82, 2.24) is 9.97 Å². The SMILES string of the molecule is COC(=O)c1cc(Br)cc(Br)c1NCc1cnc[nH]1. The van der Waals surface area contributed by atoms with Crippen molar-refractivity contribution in [2.24, 2.45) is 0 Å². The average Bonchev–Trinajstić information content (AvgIpc) is 2.89. The lowest BCUT2D eigenvalue weighted by Crippen LogP contribution is -2.09. The van der Waals surface area contributed by atoms with Gasteiger partial charge in [0, 0.05) is 15.1 Å². The summed E-state index contributed by atoms with van der Waals surface area (Å²) >= 11 is 6.79. The molecule has 0 unspecified atom stereocenters. The molecule has 0 atom stereocenters. The van der Waals surface area contributed by atoms with Gasteiger partial charge in [0.1, 0.15) is 0 Å². The summed E-state index contributed by atoms with van der Waals surface area (Å²) in [5.74, 6) is -0.394. The summed E-state index contributed by atoms with van der Waals surface area (Å²) in [4.78, 5) is 18.7. The molecule has 1 aromatic heterocycles. The van der Waals surface area contributed by atoms with Crippen LogP contribution in [0, 0.1) is 0 Å². The number of imidazole rings is 1. The van der Waals surface area contributed by atoms with E-state index in [1.165, 1.54) is 7.11 Å². The Kier molecular flexibility index (Phi) is 4.60. The molecule has 2 N–H and O–H groups in total. The summed E-state index contributed by atoms with van der Waals surface area (Å²) in [7, 11) is 1.36. The third-order valence-corrected chi connectivity index (χ3v) is 3.55. The number of rotatable bonds is 4. The van der Waals surface area contributed by atoms with Gasteiger partial charge in [0.25, 0.3) is 0 Å². The van der Waals surface area contributed by atoms with E-state index in [-0.39, 0.29) is 0 Å². The van der Waals surface area contributed by atoms with Crippen LogP contribution in [0.3, 0.4) is 0 Å². The molecule has 2 aromatic rings. The zero-order chi connectivity index (χ0) is 13.8. The molecule has 0 saturated carbocycles. The van der Waals surface area contributed by atoms with Gasteiger partial charge in [0.2, 0.25) is 0 Å². The van der Waals surface area contributed by atoms with Crippen molar-refractivity contribution in [2.75, 3.05) is 12.4 Å². The van der Waals surface area contributed by atoms with Gasteiger partial charge in [-0.2, -0.15) is 0 Å². The van der Waals surface area contributed by atoms with Crippen molar-refractivity contribution in [3.8, 4) is 0 Å². The van der Waals surface area contributed by atoms with Crippen LogP contribution >= 0.6 is 31.9 Å². The third kappa shape index (κ3) is 3.36. The number of ether oxygens (including phenoxy) is 1. The van der Waals surface area contributed by atoms with Gasteiger partial charge < -0.3 is 15.0 Å². The second-order valence-electron chi connectivity index (χ2n) is 3.73. The lowest BCUT2D eigenvalue weighted by atomic mass is 10.1. The van der Waals surface area contributed by atoms with E-state index in [2.05, 4.69) is 47.1 Å². The zero-order valence-electron chi connectivity index (χ0n) is 10.0. The lowest BCUT2D eigenvalue weighted by Gasteiger charge is -2.13. The standard InChI is InChI=1S/C12H11Br2N3O2/c1-19-12(18)9-2-7(13)3-10(14)11(9)16-5-8-4-15-6-17-8/h2-4,6,16H,5H2,1H3,(H,15,17). The predicted molar refractivity (Wildman–Crippen MR) is 79.1 cm³/mol. The number of aromatic nitrogens is 2. The number of benzene rings is 1. The van der Waals surface area contributed by atoms with Crippen LogP contribution in [0.2, 0.25) is 0 Å². The quantitative estimate of drug-likeness (QED) is 0.788. The largest absolute Gasteiger partial charge is 0.465 e. The first-order valence-electron chi connectivity index (χ1n) is 5.40. The zero-order valence-corrected chi connectivity index (χ0v) is 13.2. The number of hydrogen-bond acceptors (Lipinski definition) is 4. The van der Waals surface area contributed by atoms with E-state index >= 15 is 0 Å². The molecule has 0 radical (unpaired) electrons. The van der Waals surface area contributed by atoms with Crippen LogP contribution in [0.15, 0.2) is 33.6 Å². The number of nitrogens with zero attached hydrogens (tertiary/aromatic N) is 1. The molecule has 0 bridgehead atoms. The summed E-state index contributed by atoms with van der Waals surface area (Å²) in [5, 5.41) is 3.19. The second kappa shape index (κ2) is 6.21. The molecule has 0 amide bonds. The van der Waals surface area contributed by atoms with E-state index in [9.17, 15) is 4.79 Å². The van der Waals surface area contributed by atoms with Crippen molar-refractivity contribution in [2.45, 2.75) is 6.54 Å². The topological polar surface area (TPSA) is 67.0 Å². The Balaban J connectivity index is 2.29. The highest BCUT2D eigenvalue weighted by atomic mass is 79.9. The molecular formula is C12H11Br2N3O2. The summed E-state index contributed by atoms with van der Waals surface area (Å²) in [5.41, 5.74) is 2.07. The molecule has 2 rings (SSSR count). The normalized spacial score (nSPS) is 10.3. The molecule has 7 heteroatoms. The molecule has 1 aromatic carbocycles. The molecule has 0 aliphatic heterocycles. The van der Waals surface area contributed by atoms with Gasteiger partial charge >= 0.3 is 5.97 Å². The number of carbonyl (C=O) groups is 1. The van der Waals surface area contributed by atoms with Gasteiger partial charge in [-0.1, -0.05) is 15.9 Å². The fourth-order valence-corrected chi connectivity index (χ4v) is 2.95. The van der Waals surface area contributed by atoms with Crippen molar-refractivity contribution < 1.29 is 9.53 Å². The van der Waals surface area contributed by atoms with Crippen LogP contribution in [0.4, 0.5) is 5.69 Å². The number of hydrogen-bond donors (Lipinski definition) is 2. The maximum absolute atomic E-state index is 11.8. The Hall–Kier alpha value is -1.34. The summed E-state index contributed by atoms with van der Waals surface area (Å²) in [6.07, 6.45) is 3.33. The first-order chi connectivity index (χ1) is 9.11. The van der Waals surface area contributed by atoms with Crippen molar-refractivity contribution in [1.29, 1.82) is 0 Å². The van der Waals surface area contributed by atoms with E-state index in [1.54, 1.807) is 18.6 Å². The Bertz CT molecular complexity index is 585. The number of carbonyl (C=O) groups excluding carboxylic acids is 1. The van der Waals surface area contributed by atoms with E-state index in [0.29, 0.717) is 17.8 Å². The number of halogens is 2. The molecule has 0 aliphatic carbocycles. The Morgan fingerprint density at radius 2 is 2.26 bits per heavy atom. The van der Waals surface area contributed by atoms with Crippen molar-refractivity contribution >= 4 is 43.5 Å². The monoisotopic (exact) mass is 387 g/mol. The molecule has 0 spiro atoms. The van der Waals surface area contributed by atoms with Crippen molar-refractivity contribution in [3.05, 3.63) is 44.9 Å². The molecule has 19 heavy (non-hydrogen) atoms. The highest BCUT2D eigenvalue weighted by Crippen LogP contribution is 2.31. The maximum atomic E-state index is 11.8. The minimum absolute atomic E-state index is 0.394. The number of anilines is 1. The number of esters is 1. The van der Waals surface area contributed by atoms with Gasteiger partial charge in [0.05, 0.1) is 36.9 Å². The number of H-pyrrole nitrogens is 1. The molecule has 1 heterocycles. The first-order valence-corrected chi connectivity index (χ1v) is 6.99. The molecule has 0 fully saturated rings. The van der Waals surface area contributed by atoms with E-state index in [4.69, 9.17) is 4.74 Å². The smallest absolute Gasteiger partial charge is 0.340 e.